The molecule has 2 saturated heterocycles. The fourth-order valence-corrected chi connectivity index (χ4v) is 2.98. The van der Waals surface area contributed by atoms with E-state index in [0.29, 0.717) is 25.7 Å². The SMILES string of the molecule is Cc1ccc(C(CN=C(N)N2CCOCC2)N2CCOCC2)o1. The van der Waals surface area contributed by atoms with Gasteiger partial charge in [0.05, 0.1) is 39.0 Å². The standard InChI is InChI=1S/C16H26N4O3/c1-13-2-3-15(23-13)14(19-4-8-21-9-5-19)12-18-16(17)20-6-10-22-11-7-20/h2-3,14H,4-12H2,1H3,(H2,17,18). The fourth-order valence-electron chi connectivity index (χ4n) is 2.98. The van der Waals surface area contributed by atoms with Crippen LogP contribution in [0, 0.1) is 6.92 Å². The molecular weight excluding hydrogens is 296 g/mol. The Morgan fingerprint density at radius 1 is 1.13 bits per heavy atom. The highest BCUT2D eigenvalue weighted by atomic mass is 16.5. The minimum Gasteiger partial charge on any atom is -0.465 e. The molecule has 1 aromatic heterocycles. The second-order valence-electron chi connectivity index (χ2n) is 5.91. The Bertz CT molecular complexity index is 519. The number of ether oxygens (including phenoxy) is 2. The van der Waals surface area contributed by atoms with Crippen LogP contribution in [0.4, 0.5) is 0 Å². The topological polar surface area (TPSA) is 76.5 Å². The molecule has 1 aromatic rings. The molecule has 0 radical (unpaired) electrons. The van der Waals surface area contributed by atoms with Crippen LogP contribution in [0.25, 0.3) is 0 Å². The van der Waals surface area contributed by atoms with E-state index in [0.717, 1.165) is 50.9 Å². The molecule has 128 valence electrons. The Morgan fingerprint density at radius 2 is 1.78 bits per heavy atom. The molecule has 7 heteroatoms. The summed E-state index contributed by atoms with van der Waals surface area (Å²) in [6.45, 7) is 8.85. The zero-order valence-electron chi connectivity index (χ0n) is 13.7. The van der Waals surface area contributed by atoms with Crippen molar-refractivity contribution in [1.29, 1.82) is 0 Å². The first-order chi connectivity index (χ1) is 11.2. The molecule has 2 aliphatic heterocycles. The maximum Gasteiger partial charge on any atom is 0.191 e. The van der Waals surface area contributed by atoms with E-state index in [1.54, 1.807) is 0 Å². The van der Waals surface area contributed by atoms with Crippen molar-refractivity contribution in [3.05, 3.63) is 23.7 Å². The molecule has 3 rings (SSSR count). The Hall–Kier alpha value is -1.57. The van der Waals surface area contributed by atoms with E-state index in [9.17, 15) is 0 Å². The molecule has 0 bridgehead atoms. The summed E-state index contributed by atoms with van der Waals surface area (Å²) in [6, 6.07) is 4.14. The number of morpholine rings is 2. The molecule has 0 saturated carbocycles. The van der Waals surface area contributed by atoms with Crippen LogP contribution in [0.2, 0.25) is 0 Å². The lowest BCUT2D eigenvalue weighted by Crippen LogP contribution is -2.45. The molecule has 0 aliphatic carbocycles. The van der Waals surface area contributed by atoms with Crippen molar-refractivity contribution in [3.8, 4) is 0 Å². The van der Waals surface area contributed by atoms with Crippen LogP contribution < -0.4 is 5.73 Å². The third-order valence-corrected chi connectivity index (χ3v) is 4.34. The molecule has 0 spiro atoms. The van der Waals surface area contributed by atoms with Crippen LogP contribution in [0.3, 0.4) is 0 Å². The average Bonchev–Trinajstić information content (AvgIpc) is 3.03. The number of aryl methyl sites for hydroxylation is 1. The first kappa shape index (κ1) is 16.3. The summed E-state index contributed by atoms with van der Waals surface area (Å²) in [5, 5.41) is 0. The first-order valence-electron chi connectivity index (χ1n) is 8.25. The van der Waals surface area contributed by atoms with Gasteiger partial charge in [-0.05, 0) is 19.1 Å². The molecule has 2 N–H and O–H groups in total. The molecule has 0 aromatic carbocycles. The zero-order chi connectivity index (χ0) is 16.1. The van der Waals surface area contributed by atoms with E-state index in [1.165, 1.54) is 0 Å². The van der Waals surface area contributed by atoms with E-state index < -0.39 is 0 Å². The molecule has 0 amide bonds. The second kappa shape index (κ2) is 7.81. The minimum absolute atomic E-state index is 0.104. The van der Waals surface area contributed by atoms with Gasteiger partial charge >= 0.3 is 0 Å². The molecule has 2 fully saturated rings. The highest BCUT2D eigenvalue weighted by Gasteiger charge is 2.25. The lowest BCUT2D eigenvalue weighted by molar-refractivity contribution is 0.0134. The number of hydrogen-bond acceptors (Lipinski definition) is 5. The van der Waals surface area contributed by atoms with Crippen LogP contribution in [0.1, 0.15) is 17.6 Å². The summed E-state index contributed by atoms with van der Waals surface area (Å²) in [5.74, 6) is 2.46. The number of hydrogen-bond donors (Lipinski definition) is 1. The highest BCUT2D eigenvalue weighted by molar-refractivity contribution is 5.78. The van der Waals surface area contributed by atoms with Crippen molar-refractivity contribution in [2.45, 2.75) is 13.0 Å². The van der Waals surface area contributed by atoms with Crippen LogP contribution in [-0.4, -0.2) is 74.9 Å². The van der Waals surface area contributed by atoms with E-state index in [1.807, 2.05) is 19.1 Å². The number of rotatable bonds is 4. The van der Waals surface area contributed by atoms with Gasteiger partial charge in [0.2, 0.25) is 0 Å². The summed E-state index contributed by atoms with van der Waals surface area (Å²) >= 11 is 0. The van der Waals surface area contributed by atoms with Crippen molar-refractivity contribution in [1.82, 2.24) is 9.80 Å². The van der Waals surface area contributed by atoms with Crippen LogP contribution in [-0.2, 0) is 9.47 Å². The monoisotopic (exact) mass is 322 g/mol. The summed E-state index contributed by atoms with van der Waals surface area (Å²) in [4.78, 5) is 9.07. The van der Waals surface area contributed by atoms with Gasteiger partial charge in [-0.15, -0.1) is 0 Å². The van der Waals surface area contributed by atoms with Crippen molar-refractivity contribution in [2.24, 2.45) is 10.7 Å². The summed E-state index contributed by atoms with van der Waals surface area (Å²) in [7, 11) is 0. The van der Waals surface area contributed by atoms with Gasteiger partial charge in [-0.1, -0.05) is 0 Å². The zero-order valence-corrected chi connectivity index (χ0v) is 13.7. The molecule has 3 heterocycles. The third-order valence-electron chi connectivity index (χ3n) is 4.34. The minimum atomic E-state index is 0.104. The summed E-state index contributed by atoms with van der Waals surface area (Å²) < 4.78 is 16.7. The maximum absolute atomic E-state index is 6.16. The lowest BCUT2D eigenvalue weighted by atomic mass is 10.1. The number of nitrogens with two attached hydrogens (primary N) is 1. The van der Waals surface area contributed by atoms with Crippen LogP contribution >= 0.6 is 0 Å². The first-order valence-corrected chi connectivity index (χ1v) is 8.25. The maximum atomic E-state index is 6.16. The number of aliphatic imine (C=N–C) groups is 1. The van der Waals surface area contributed by atoms with Gasteiger partial charge in [-0.25, -0.2) is 0 Å². The van der Waals surface area contributed by atoms with E-state index in [-0.39, 0.29) is 6.04 Å². The molecule has 7 nitrogen and oxygen atoms in total. The van der Waals surface area contributed by atoms with E-state index in [4.69, 9.17) is 19.6 Å². The number of guanidine groups is 1. The van der Waals surface area contributed by atoms with Gasteiger partial charge in [0.25, 0.3) is 0 Å². The smallest absolute Gasteiger partial charge is 0.191 e. The van der Waals surface area contributed by atoms with E-state index >= 15 is 0 Å². The number of nitrogens with zero attached hydrogens (tertiary/aromatic N) is 3. The second-order valence-corrected chi connectivity index (χ2v) is 5.91. The van der Waals surface area contributed by atoms with Gasteiger partial charge in [0.1, 0.15) is 11.5 Å². The van der Waals surface area contributed by atoms with Gasteiger partial charge in [0.15, 0.2) is 5.96 Å². The fraction of sp³-hybridized carbons (Fsp3) is 0.688. The predicted molar refractivity (Wildman–Crippen MR) is 87.5 cm³/mol. The summed E-state index contributed by atoms with van der Waals surface area (Å²) in [5.41, 5.74) is 6.16. The van der Waals surface area contributed by atoms with E-state index in [2.05, 4.69) is 14.8 Å². The molecule has 1 unspecified atom stereocenters. The third kappa shape index (κ3) is 4.25. The van der Waals surface area contributed by atoms with Crippen LogP contribution in [0.5, 0.6) is 0 Å². The van der Waals surface area contributed by atoms with Gasteiger partial charge in [-0.3, -0.25) is 9.89 Å². The molecule has 2 aliphatic rings. The Balaban J connectivity index is 1.69. The largest absolute Gasteiger partial charge is 0.465 e. The van der Waals surface area contributed by atoms with Crippen molar-refractivity contribution >= 4 is 5.96 Å². The molecule has 23 heavy (non-hydrogen) atoms. The van der Waals surface area contributed by atoms with Crippen molar-refractivity contribution in [2.75, 3.05) is 59.2 Å². The van der Waals surface area contributed by atoms with Crippen LogP contribution in [0.15, 0.2) is 21.5 Å². The Morgan fingerprint density at radius 3 is 2.39 bits per heavy atom. The normalized spacial score (nSPS) is 22.3. The highest BCUT2D eigenvalue weighted by Crippen LogP contribution is 2.24. The Labute approximate surface area is 137 Å². The summed E-state index contributed by atoms with van der Waals surface area (Å²) in [6.07, 6.45) is 0. The quantitative estimate of drug-likeness (QED) is 0.646. The number of furan rings is 1. The predicted octanol–water partition coefficient (Wildman–Crippen LogP) is 0.608. The van der Waals surface area contributed by atoms with Gasteiger partial charge in [-0.2, -0.15) is 0 Å². The van der Waals surface area contributed by atoms with Gasteiger partial charge in [0, 0.05) is 26.2 Å². The van der Waals surface area contributed by atoms with Gasteiger partial charge < -0.3 is 24.5 Å². The Kier molecular flexibility index (Phi) is 5.53. The molecule has 1 atom stereocenters. The van der Waals surface area contributed by atoms with Crippen molar-refractivity contribution in [3.63, 3.8) is 0 Å². The molecular formula is C16H26N4O3. The average molecular weight is 322 g/mol. The lowest BCUT2D eigenvalue weighted by Gasteiger charge is -2.33. The van der Waals surface area contributed by atoms with Crippen molar-refractivity contribution < 1.29 is 13.9 Å².